The van der Waals surface area contributed by atoms with E-state index in [1.54, 1.807) is 12.2 Å². The zero-order valence-corrected chi connectivity index (χ0v) is 13.1. The van der Waals surface area contributed by atoms with E-state index in [9.17, 15) is 13.2 Å². The van der Waals surface area contributed by atoms with Gasteiger partial charge < -0.3 is 4.84 Å². The Morgan fingerprint density at radius 2 is 2.05 bits per heavy atom. The maximum absolute atomic E-state index is 12.6. The van der Waals surface area contributed by atoms with Crippen LogP contribution < -0.4 is 0 Å². The lowest BCUT2D eigenvalue weighted by Crippen LogP contribution is -2.41. The second-order valence-corrected chi connectivity index (χ2v) is 8.25. The van der Waals surface area contributed by atoms with Gasteiger partial charge in [0.05, 0.1) is 6.20 Å². The minimum atomic E-state index is -4.08. The topological polar surface area (TPSA) is 72.9 Å². The molecule has 116 valence electrons. The van der Waals surface area contributed by atoms with Crippen molar-refractivity contribution >= 4 is 15.9 Å². The molecule has 0 radical (unpaired) electrons. The van der Waals surface area contributed by atoms with Crippen LogP contribution in [0.3, 0.4) is 0 Å². The molecule has 2 bridgehead atoms. The highest BCUT2D eigenvalue weighted by atomic mass is 32.2. The quantitative estimate of drug-likeness (QED) is 0.792. The molecule has 2 aliphatic carbocycles. The first kappa shape index (κ1) is 14.6. The van der Waals surface area contributed by atoms with Crippen molar-refractivity contribution in [1.29, 1.82) is 0 Å². The second kappa shape index (κ2) is 4.33. The maximum Gasteiger partial charge on any atom is 0.301 e. The number of hydroxylamine groups is 2. The summed E-state index contributed by atoms with van der Waals surface area (Å²) in [5.41, 5.74) is -0.944. The molecular formula is C14H19NO5S. The molecule has 0 N–H and O–H groups in total. The second-order valence-electron chi connectivity index (χ2n) is 6.61. The van der Waals surface area contributed by atoms with Crippen molar-refractivity contribution < 1.29 is 22.3 Å². The fraction of sp³-hybridized carbons (Fsp3) is 0.643. The molecule has 3 aliphatic rings. The average Bonchev–Trinajstić information content (AvgIpc) is 2.71. The third kappa shape index (κ3) is 1.87. The molecule has 3 atom stereocenters. The minimum absolute atomic E-state index is 0.218. The van der Waals surface area contributed by atoms with Crippen LogP contribution in [-0.2, 0) is 24.0 Å². The fourth-order valence-corrected chi connectivity index (χ4v) is 5.61. The van der Waals surface area contributed by atoms with Crippen molar-refractivity contribution in [2.24, 2.45) is 16.7 Å². The average molecular weight is 313 g/mol. The Bertz CT molecular complexity index is 636. The molecule has 7 heteroatoms. The predicted molar refractivity (Wildman–Crippen MR) is 74.6 cm³/mol. The molecule has 1 heterocycles. The Hall–Kier alpha value is -1.34. The van der Waals surface area contributed by atoms with E-state index >= 15 is 0 Å². The molecular weight excluding hydrogens is 294 g/mol. The largest absolute Gasteiger partial charge is 0.361 e. The van der Waals surface area contributed by atoms with Crippen LogP contribution in [0.5, 0.6) is 0 Å². The van der Waals surface area contributed by atoms with Crippen LogP contribution in [0.2, 0.25) is 0 Å². The molecule has 1 aliphatic heterocycles. The highest BCUT2D eigenvalue weighted by Crippen LogP contribution is 2.65. The molecule has 0 aromatic rings. The number of carbonyl (C=O) groups is 1. The molecule has 0 aromatic heterocycles. The molecule has 3 unspecified atom stereocenters. The standard InChI is InChI=1S/C14H19NO5S/c1-13(2)10-6-7-14(13,3)12(16)11(10)21(17,18)20-15-8-4-5-9-19-15/h4-5,8-11H,6-7H2,1-3H3. The first-order valence-corrected chi connectivity index (χ1v) is 8.44. The molecule has 2 saturated carbocycles. The van der Waals surface area contributed by atoms with Gasteiger partial charge in [0.1, 0.15) is 6.26 Å². The number of nitrogens with zero attached hydrogens (tertiary/aromatic N) is 1. The van der Waals surface area contributed by atoms with E-state index in [1.165, 1.54) is 12.5 Å². The number of rotatable bonds is 3. The van der Waals surface area contributed by atoms with E-state index in [2.05, 4.69) is 0 Å². The lowest BCUT2D eigenvalue weighted by molar-refractivity contribution is -0.245. The Labute approximate surface area is 124 Å². The zero-order chi connectivity index (χ0) is 15.5. The van der Waals surface area contributed by atoms with Crippen molar-refractivity contribution in [3.8, 4) is 0 Å². The molecule has 0 spiro atoms. The van der Waals surface area contributed by atoms with E-state index in [-0.39, 0.29) is 17.1 Å². The third-order valence-electron chi connectivity index (χ3n) is 5.52. The van der Waals surface area contributed by atoms with Gasteiger partial charge in [-0.2, -0.15) is 8.42 Å². The molecule has 3 rings (SSSR count). The van der Waals surface area contributed by atoms with Crippen molar-refractivity contribution in [2.45, 2.75) is 38.9 Å². The molecule has 0 aromatic carbocycles. The number of allylic oxidation sites excluding steroid dienone is 2. The summed E-state index contributed by atoms with van der Waals surface area (Å²) in [5.74, 6) is -0.454. The first-order valence-electron chi connectivity index (χ1n) is 6.97. The van der Waals surface area contributed by atoms with Gasteiger partial charge in [0.15, 0.2) is 11.0 Å². The van der Waals surface area contributed by atoms with Gasteiger partial charge in [0.2, 0.25) is 0 Å². The van der Waals surface area contributed by atoms with Gasteiger partial charge in [-0.15, -0.1) is 4.28 Å². The molecule has 0 amide bonds. The van der Waals surface area contributed by atoms with E-state index in [1.807, 2.05) is 20.8 Å². The van der Waals surface area contributed by atoms with Crippen molar-refractivity contribution in [2.75, 3.05) is 0 Å². The van der Waals surface area contributed by atoms with Crippen LogP contribution in [0.15, 0.2) is 24.6 Å². The lowest BCUT2D eigenvalue weighted by atomic mass is 9.70. The van der Waals surface area contributed by atoms with Gasteiger partial charge >= 0.3 is 10.1 Å². The number of ketones is 1. The number of fused-ring (bicyclic) bond motifs is 2. The van der Waals surface area contributed by atoms with E-state index in [0.717, 1.165) is 18.1 Å². The molecule has 21 heavy (non-hydrogen) atoms. The first-order chi connectivity index (χ1) is 9.70. The van der Waals surface area contributed by atoms with Crippen molar-refractivity contribution in [3.05, 3.63) is 24.6 Å². The summed E-state index contributed by atoms with van der Waals surface area (Å²) in [6, 6.07) is 0. The Kier molecular flexibility index (Phi) is 3.01. The van der Waals surface area contributed by atoms with Gasteiger partial charge in [-0.1, -0.05) is 26.0 Å². The van der Waals surface area contributed by atoms with E-state index in [4.69, 9.17) is 9.12 Å². The highest BCUT2D eigenvalue weighted by molar-refractivity contribution is 7.88. The zero-order valence-electron chi connectivity index (χ0n) is 12.3. The normalized spacial score (nSPS) is 37.1. The summed E-state index contributed by atoms with van der Waals surface area (Å²) < 4.78 is 30.0. The molecule has 2 fully saturated rings. The minimum Gasteiger partial charge on any atom is -0.361 e. The number of hydrogen-bond donors (Lipinski definition) is 0. The SMILES string of the molecule is CC12CCC(C(S(=O)(=O)ON3C=CC=CO3)C1=O)C2(C)C. The molecule has 6 nitrogen and oxygen atoms in total. The van der Waals surface area contributed by atoms with E-state index in [0.29, 0.717) is 0 Å². The summed E-state index contributed by atoms with van der Waals surface area (Å²) in [5, 5.41) is -0.363. The van der Waals surface area contributed by atoms with Crippen molar-refractivity contribution in [1.82, 2.24) is 5.23 Å². The summed E-state index contributed by atoms with van der Waals surface area (Å²) in [6.45, 7) is 5.81. The van der Waals surface area contributed by atoms with Crippen LogP contribution >= 0.6 is 0 Å². The lowest BCUT2D eigenvalue weighted by Gasteiger charge is -2.32. The van der Waals surface area contributed by atoms with Gasteiger partial charge in [-0.25, -0.2) is 0 Å². The van der Waals surface area contributed by atoms with Crippen LogP contribution in [0.1, 0.15) is 33.6 Å². The van der Waals surface area contributed by atoms with Crippen molar-refractivity contribution in [3.63, 3.8) is 0 Å². The Morgan fingerprint density at radius 3 is 2.57 bits per heavy atom. The Balaban J connectivity index is 1.89. The predicted octanol–water partition coefficient (Wildman–Crippen LogP) is 1.92. The van der Waals surface area contributed by atoms with Gasteiger partial charge in [0, 0.05) is 5.41 Å². The van der Waals surface area contributed by atoms with Gasteiger partial charge in [-0.05, 0) is 36.3 Å². The fourth-order valence-electron chi connectivity index (χ4n) is 3.82. The number of Topliss-reactive ketones (excluding diaryl/α,β-unsaturated/α-hetero) is 1. The van der Waals surface area contributed by atoms with Crippen LogP contribution in [0.25, 0.3) is 0 Å². The van der Waals surface area contributed by atoms with Crippen LogP contribution in [0.4, 0.5) is 0 Å². The smallest absolute Gasteiger partial charge is 0.301 e. The summed E-state index contributed by atoms with van der Waals surface area (Å²) in [6.07, 6.45) is 7.26. The number of carbonyl (C=O) groups excluding carboxylic acids is 1. The van der Waals surface area contributed by atoms with Crippen LogP contribution in [-0.4, -0.2) is 24.7 Å². The van der Waals surface area contributed by atoms with E-state index < -0.39 is 20.8 Å². The Morgan fingerprint density at radius 1 is 1.33 bits per heavy atom. The number of hydrogen-bond acceptors (Lipinski definition) is 6. The van der Waals surface area contributed by atoms with Gasteiger partial charge in [-0.3, -0.25) is 4.79 Å². The summed E-state index contributed by atoms with van der Waals surface area (Å²) >= 11 is 0. The monoisotopic (exact) mass is 313 g/mol. The highest BCUT2D eigenvalue weighted by Gasteiger charge is 2.70. The third-order valence-corrected chi connectivity index (χ3v) is 7.04. The van der Waals surface area contributed by atoms with Crippen LogP contribution in [0, 0.1) is 16.7 Å². The summed E-state index contributed by atoms with van der Waals surface area (Å²) in [7, 11) is -4.08. The summed E-state index contributed by atoms with van der Waals surface area (Å²) in [4.78, 5) is 17.6. The molecule has 0 saturated heterocycles. The van der Waals surface area contributed by atoms with Gasteiger partial charge in [0.25, 0.3) is 0 Å². The maximum atomic E-state index is 12.6.